The van der Waals surface area contributed by atoms with Crippen molar-refractivity contribution < 1.29 is 24.4 Å². The number of nitrogens with one attached hydrogen (secondary N) is 1. The van der Waals surface area contributed by atoms with Crippen molar-refractivity contribution in [2.45, 2.75) is 0 Å². The summed E-state index contributed by atoms with van der Waals surface area (Å²) in [6, 6.07) is 7.86. The smallest absolute Gasteiger partial charge is 0.311 e. The molecule has 0 radical (unpaired) electrons. The molecule has 8 nitrogen and oxygen atoms in total. The number of carbonyl (C=O) groups excluding carboxylic acids is 2. The average Bonchev–Trinajstić information content (AvgIpc) is 2.55. The Hall–Kier alpha value is -2.94. The quantitative estimate of drug-likeness (QED) is 0.611. The fraction of sp³-hybridized carbons (Fsp3) is 0.0667. The van der Waals surface area contributed by atoms with E-state index >= 15 is 0 Å². The molecule has 24 heavy (non-hydrogen) atoms. The Morgan fingerprint density at radius 3 is 2.50 bits per heavy atom. The lowest BCUT2D eigenvalue weighted by atomic mass is 10.1. The second-order valence-corrected chi connectivity index (χ2v) is 5.49. The molecule has 0 saturated carbocycles. The number of aromatic carboxylic acids is 1. The molecule has 0 spiro atoms. The number of nitro groups is 1. The third kappa shape index (κ3) is 3.69. The summed E-state index contributed by atoms with van der Waals surface area (Å²) in [6.07, 6.45) is 0. The molecule has 0 aliphatic rings. The number of anilines is 1. The SMILES string of the molecule is COc1ccc(C(=O)Nc2ccc(Br)cc2C(=O)[O-])cc1[N+](=O)[O-]. The second kappa shape index (κ2) is 7.09. The van der Waals surface area contributed by atoms with E-state index in [1.54, 1.807) is 6.07 Å². The van der Waals surface area contributed by atoms with E-state index in [2.05, 4.69) is 21.2 Å². The maximum atomic E-state index is 12.2. The van der Waals surface area contributed by atoms with Crippen LogP contribution in [0.5, 0.6) is 5.75 Å². The zero-order valence-corrected chi connectivity index (χ0v) is 13.8. The van der Waals surface area contributed by atoms with Crippen LogP contribution >= 0.6 is 15.9 Å². The van der Waals surface area contributed by atoms with Gasteiger partial charge >= 0.3 is 5.69 Å². The van der Waals surface area contributed by atoms with Crippen LogP contribution in [-0.4, -0.2) is 23.9 Å². The molecule has 1 N–H and O–H groups in total. The summed E-state index contributed by atoms with van der Waals surface area (Å²) in [7, 11) is 1.27. The van der Waals surface area contributed by atoms with Crippen LogP contribution in [0.25, 0.3) is 0 Å². The van der Waals surface area contributed by atoms with Crippen LogP contribution in [0.15, 0.2) is 40.9 Å². The number of nitrogens with zero attached hydrogens (tertiary/aromatic N) is 1. The van der Waals surface area contributed by atoms with Gasteiger partial charge in [0.25, 0.3) is 5.91 Å². The van der Waals surface area contributed by atoms with Crippen LogP contribution in [0.4, 0.5) is 11.4 Å². The molecule has 0 fully saturated rings. The summed E-state index contributed by atoms with van der Waals surface area (Å²) in [4.78, 5) is 33.7. The Bertz CT molecular complexity index is 837. The second-order valence-electron chi connectivity index (χ2n) is 4.58. The molecule has 0 aliphatic carbocycles. The minimum Gasteiger partial charge on any atom is -0.545 e. The molecule has 124 valence electrons. The lowest BCUT2D eigenvalue weighted by Gasteiger charge is -2.12. The molecule has 0 atom stereocenters. The first-order valence-corrected chi connectivity index (χ1v) is 7.27. The molecule has 0 unspecified atom stereocenters. The first kappa shape index (κ1) is 17.4. The lowest BCUT2D eigenvalue weighted by molar-refractivity contribution is -0.385. The van der Waals surface area contributed by atoms with Gasteiger partial charge in [-0.25, -0.2) is 0 Å². The van der Waals surface area contributed by atoms with Crippen molar-refractivity contribution in [3.05, 3.63) is 62.1 Å². The number of carboxylic acids is 1. The zero-order chi connectivity index (χ0) is 17.9. The molecule has 0 aromatic heterocycles. The van der Waals surface area contributed by atoms with Crippen molar-refractivity contribution in [2.24, 2.45) is 0 Å². The van der Waals surface area contributed by atoms with E-state index in [0.717, 1.165) is 6.07 Å². The van der Waals surface area contributed by atoms with E-state index in [4.69, 9.17) is 4.74 Å². The van der Waals surface area contributed by atoms with Gasteiger partial charge in [0.05, 0.1) is 23.7 Å². The molecule has 1 amide bonds. The Morgan fingerprint density at radius 1 is 1.21 bits per heavy atom. The summed E-state index contributed by atoms with van der Waals surface area (Å²) < 4.78 is 5.36. The van der Waals surface area contributed by atoms with E-state index in [1.807, 2.05) is 0 Å². The van der Waals surface area contributed by atoms with Crippen molar-refractivity contribution in [2.75, 3.05) is 12.4 Å². The topological polar surface area (TPSA) is 122 Å². The summed E-state index contributed by atoms with van der Waals surface area (Å²) in [5.41, 5.74) is -0.599. The summed E-state index contributed by atoms with van der Waals surface area (Å²) in [5.74, 6) is -2.16. The van der Waals surface area contributed by atoms with Crippen molar-refractivity contribution in [1.29, 1.82) is 0 Å². The predicted octanol–water partition coefficient (Wildman–Crippen LogP) is 1.98. The Kier molecular flexibility index (Phi) is 5.14. The van der Waals surface area contributed by atoms with Gasteiger partial charge in [0.15, 0.2) is 5.75 Å². The van der Waals surface area contributed by atoms with Crippen molar-refractivity contribution in [3.8, 4) is 5.75 Å². The van der Waals surface area contributed by atoms with Crippen molar-refractivity contribution in [3.63, 3.8) is 0 Å². The van der Waals surface area contributed by atoms with Gasteiger partial charge in [0.1, 0.15) is 0 Å². The summed E-state index contributed by atoms with van der Waals surface area (Å²) in [5, 5.41) is 24.5. The number of amides is 1. The van der Waals surface area contributed by atoms with Gasteiger partial charge in [-0.3, -0.25) is 14.9 Å². The predicted molar refractivity (Wildman–Crippen MR) is 86.1 cm³/mol. The third-order valence-corrected chi connectivity index (χ3v) is 3.58. The molecular formula is C15H10BrN2O6-. The molecule has 0 aliphatic heterocycles. The molecule has 2 aromatic rings. The van der Waals surface area contributed by atoms with E-state index in [9.17, 15) is 24.8 Å². The number of carbonyl (C=O) groups is 2. The average molecular weight is 394 g/mol. The van der Waals surface area contributed by atoms with E-state index in [0.29, 0.717) is 4.47 Å². The summed E-state index contributed by atoms with van der Waals surface area (Å²) in [6.45, 7) is 0. The van der Waals surface area contributed by atoms with Gasteiger partial charge in [-0.15, -0.1) is 0 Å². The van der Waals surface area contributed by atoms with Crippen LogP contribution in [0.3, 0.4) is 0 Å². The van der Waals surface area contributed by atoms with Crippen LogP contribution in [0.1, 0.15) is 20.7 Å². The van der Waals surface area contributed by atoms with Gasteiger partial charge < -0.3 is 20.0 Å². The largest absolute Gasteiger partial charge is 0.545 e. The number of methoxy groups -OCH3 is 1. The first-order valence-electron chi connectivity index (χ1n) is 6.48. The number of hydrogen-bond donors (Lipinski definition) is 1. The number of hydrogen-bond acceptors (Lipinski definition) is 6. The van der Waals surface area contributed by atoms with Gasteiger partial charge in [0, 0.05) is 21.7 Å². The Balaban J connectivity index is 2.36. The van der Waals surface area contributed by atoms with Crippen LogP contribution in [0.2, 0.25) is 0 Å². The highest BCUT2D eigenvalue weighted by Crippen LogP contribution is 2.28. The van der Waals surface area contributed by atoms with Gasteiger partial charge in [-0.1, -0.05) is 15.9 Å². The molecule has 2 aromatic carbocycles. The zero-order valence-electron chi connectivity index (χ0n) is 12.2. The third-order valence-electron chi connectivity index (χ3n) is 3.09. The molecule has 0 heterocycles. The van der Waals surface area contributed by atoms with Crippen LogP contribution in [-0.2, 0) is 0 Å². The van der Waals surface area contributed by atoms with Crippen molar-refractivity contribution >= 4 is 39.2 Å². The van der Waals surface area contributed by atoms with Crippen molar-refractivity contribution in [1.82, 2.24) is 0 Å². The molecular weight excluding hydrogens is 384 g/mol. The molecule has 2 rings (SSSR count). The normalized spacial score (nSPS) is 10.1. The van der Waals surface area contributed by atoms with Gasteiger partial charge in [-0.2, -0.15) is 0 Å². The standard InChI is InChI=1S/C15H11BrN2O6/c1-24-13-5-2-8(6-12(13)18(22)23)14(19)17-11-4-3-9(16)7-10(11)15(20)21/h2-7H,1H3,(H,17,19)(H,20,21)/p-1. The number of nitro benzene ring substituents is 1. The molecule has 0 bridgehead atoms. The fourth-order valence-corrected chi connectivity index (χ4v) is 2.32. The minimum atomic E-state index is -1.47. The molecule has 9 heteroatoms. The number of carboxylic acid groups (broad SMARTS) is 1. The van der Waals surface area contributed by atoms with E-state index < -0.39 is 16.8 Å². The Morgan fingerprint density at radius 2 is 1.92 bits per heavy atom. The first-order chi connectivity index (χ1) is 11.3. The highest BCUT2D eigenvalue weighted by Gasteiger charge is 2.19. The van der Waals surface area contributed by atoms with Crippen LogP contribution in [0, 0.1) is 10.1 Å². The van der Waals surface area contributed by atoms with E-state index in [-0.39, 0.29) is 28.3 Å². The number of ether oxygens (including phenoxy) is 1. The van der Waals surface area contributed by atoms with Crippen LogP contribution < -0.4 is 15.2 Å². The monoisotopic (exact) mass is 393 g/mol. The Labute approximate surface area is 144 Å². The number of halogens is 1. The van der Waals surface area contributed by atoms with Gasteiger partial charge in [0.2, 0.25) is 0 Å². The number of rotatable bonds is 5. The maximum Gasteiger partial charge on any atom is 0.311 e. The fourth-order valence-electron chi connectivity index (χ4n) is 1.96. The molecule has 0 saturated heterocycles. The number of benzene rings is 2. The minimum absolute atomic E-state index is 0.00983. The highest BCUT2D eigenvalue weighted by molar-refractivity contribution is 9.10. The summed E-state index contributed by atoms with van der Waals surface area (Å²) >= 11 is 3.12. The van der Waals surface area contributed by atoms with Gasteiger partial charge in [-0.05, 0) is 30.3 Å². The van der Waals surface area contributed by atoms with E-state index in [1.165, 1.54) is 31.4 Å². The lowest BCUT2D eigenvalue weighted by Crippen LogP contribution is -2.25. The highest BCUT2D eigenvalue weighted by atomic mass is 79.9. The maximum absolute atomic E-state index is 12.2.